The van der Waals surface area contributed by atoms with Gasteiger partial charge in [0.2, 0.25) is 5.91 Å². The number of benzene rings is 1. The van der Waals surface area contributed by atoms with Crippen molar-refractivity contribution >= 4 is 27.3 Å². The lowest BCUT2D eigenvalue weighted by molar-refractivity contribution is -0.119. The fourth-order valence-electron chi connectivity index (χ4n) is 4.25. The number of ketones is 1. The molecular weight excluding hydrogens is 430 g/mol. The maximum absolute atomic E-state index is 13.3. The Labute approximate surface area is 188 Å². The number of nitrogens with one attached hydrogen (secondary N) is 1. The number of aliphatic hydroxyl groups is 1. The van der Waals surface area contributed by atoms with Crippen LogP contribution in [0.5, 0.6) is 0 Å². The summed E-state index contributed by atoms with van der Waals surface area (Å²) in [4.78, 5) is 25.3. The zero-order chi connectivity index (χ0) is 23.7. The third kappa shape index (κ3) is 6.26. The van der Waals surface area contributed by atoms with Crippen molar-refractivity contribution in [1.82, 2.24) is 9.78 Å². The summed E-state index contributed by atoms with van der Waals surface area (Å²) in [6, 6.07) is 6.62. The zero-order valence-corrected chi connectivity index (χ0v) is 19.8. The quantitative estimate of drug-likeness (QED) is 0.624. The van der Waals surface area contributed by atoms with Crippen molar-refractivity contribution < 1.29 is 23.1 Å². The molecule has 1 amide bonds. The van der Waals surface area contributed by atoms with E-state index in [2.05, 4.69) is 10.4 Å². The predicted molar refractivity (Wildman–Crippen MR) is 121 cm³/mol. The number of nitrogens with zero attached hydrogens (tertiary/aromatic N) is 2. The average Bonchev–Trinajstić information content (AvgIpc) is 3.25. The van der Waals surface area contributed by atoms with Crippen molar-refractivity contribution in [3.63, 3.8) is 0 Å². The molecule has 0 aliphatic heterocycles. The molecule has 32 heavy (non-hydrogen) atoms. The SMILES string of the molecule is Cc1cc([C@@H](C[C@H]2CCC(=O)C2)C(=O)Nc2ccn(CC(C)(C)O)n2)ccc1S(C)(=O)=O. The minimum Gasteiger partial charge on any atom is -0.389 e. The van der Waals surface area contributed by atoms with Gasteiger partial charge in [-0.2, -0.15) is 5.10 Å². The summed E-state index contributed by atoms with van der Waals surface area (Å²) in [5.74, 6) is -0.109. The molecule has 0 unspecified atom stereocenters. The summed E-state index contributed by atoms with van der Waals surface area (Å²) in [7, 11) is -3.37. The highest BCUT2D eigenvalue weighted by atomic mass is 32.2. The number of Topliss-reactive ketones (excluding diaryl/α,β-unsaturated/α-hetero) is 1. The lowest BCUT2D eigenvalue weighted by atomic mass is 9.86. The van der Waals surface area contributed by atoms with Crippen LogP contribution in [-0.4, -0.2) is 46.9 Å². The predicted octanol–water partition coefficient (Wildman–Crippen LogP) is 2.85. The number of anilines is 1. The molecule has 9 heteroatoms. The fraction of sp³-hybridized carbons (Fsp3) is 0.522. The van der Waals surface area contributed by atoms with Gasteiger partial charge in [0.25, 0.3) is 0 Å². The average molecular weight is 462 g/mol. The second-order valence-electron chi connectivity index (χ2n) is 9.43. The zero-order valence-electron chi connectivity index (χ0n) is 19.0. The maximum Gasteiger partial charge on any atom is 0.233 e. The van der Waals surface area contributed by atoms with Crippen molar-refractivity contribution in [2.24, 2.45) is 5.92 Å². The number of carbonyl (C=O) groups excluding carboxylic acids is 2. The molecule has 1 aliphatic rings. The first kappa shape index (κ1) is 24.1. The Hall–Kier alpha value is -2.52. The van der Waals surface area contributed by atoms with Gasteiger partial charge in [0, 0.05) is 31.4 Å². The lowest BCUT2D eigenvalue weighted by Gasteiger charge is -2.21. The monoisotopic (exact) mass is 461 g/mol. The van der Waals surface area contributed by atoms with Gasteiger partial charge in [-0.25, -0.2) is 8.42 Å². The van der Waals surface area contributed by atoms with E-state index in [4.69, 9.17) is 0 Å². The van der Waals surface area contributed by atoms with E-state index in [0.717, 1.165) is 12.7 Å². The van der Waals surface area contributed by atoms with Crippen LogP contribution in [0.2, 0.25) is 0 Å². The van der Waals surface area contributed by atoms with E-state index in [1.165, 1.54) is 6.07 Å². The fourth-order valence-corrected chi connectivity index (χ4v) is 5.21. The molecule has 8 nitrogen and oxygen atoms in total. The first-order valence-corrected chi connectivity index (χ1v) is 12.6. The van der Waals surface area contributed by atoms with Crippen LogP contribution in [-0.2, 0) is 26.0 Å². The molecule has 1 aromatic carbocycles. The molecule has 1 heterocycles. The van der Waals surface area contributed by atoms with Gasteiger partial charge >= 0.3 is 0 Å². The summed E-state index contributed by atoms with van der Waals surface area (Å²) in [5.41, 5.74) is 0.353. The van der Waals surface area contributed by atoms with Gasteiger partial charge in [0.1, 0.15) is 5.78 Å². The molecule has 1 aromatic heterocycles. The maximum atomic E-state index is 13.3. The van der Waals surface area contributed by atoms with Crippen molar-refractivity contribution in [1.29, 1.82) is 0 Å². The topological polar surface area (TPSA) is 118 Å². The smallest absolute Gasteiger partial charge is 0.233 e. The molecule has 2 N–H and O–H groups in total. The van der Waals surface area contributed by atoms with E-state index >= 15 is 0 Å². The van der Waals surface area contributed by atoms with Gasteiger partial charge in [-0.3, -0.25) is 14.3 Å². The molecule has 1 aliphatic carbocycles. The molecule has 0 saturated heterocycles. The summed E-state index contributed by atoms with van der Waals surface area (Å²) >= 11 is 0. The van der Waals surface area contributed by atoms with Gasteiger partial charge < -0.3 is 10.4 Å². The molecule has 2 aromatic rings. The van der Waals surface area contributed by atoms with E-state index in [0.29, 0.717) is 36.2 Å². The van der Waals surface area contributed by atoms with Gasteiger partial charge in [-0.1, -0.05) is 12.1 Å². The van der Waals surface area contributed by atoms with Crippen LogP contribution < -0.4 is 5.32 Å². The number of hydrogen-bond donors (Lipinski definition) is 2. The number of hydrogen-bond acceptors (Lipinski definition) is 6. The van der Waals surface area contributed by atoms with Crippen molar-refractivity contribution in [2.75, 3.05) is 11.6 Å². The van der Waals surface area contributed by atoms with Crippen LogP contribution in [0, 0.1) is 12.8 Å². The second kappa shape index (κ2) is 9.15. The number of rotatable bonds is 8. The van der Waals surface area contributed by atoms with Crippen molar-refractivity contribution in [3.05, 3.63) is 41.6 Å². The Kier molecular flexibility index (Phi) is 6.90. The number of sulfone groups is 1. The Morgan fingerprint density at radius 1 is 1.34 bits per heavy atom. The normalized spacial score (nSPS) is 18.0. The lowest BCUT2D eigenvalue weighted by Crippen LogP contribution is -2.27. The molecule has 2 atom stereocenters. The number of aryl methyl sites for hydroxylation is 1. The van der Waals surface area contributed by atoms with Gasteiger partial charge in [0.05, 0.1) is 23.0 Å². The first-order chi connectivity index (χ1) is 14.8. The molecule has 1 fully saturated rings. The second-order valence-corrected chi connectivity index (χ2v) is 11.4. The van der Waals surface area contributed by atoms with Gasteiger partial charge in [-0.15, -0.1) is 0 Å². The molecule has 0 spiro atoms. The van der Waals surface area contributed by atoms with Crippen LogP contribution in [0.4, 0.5) is 5.82 Å². The standard InChI is InChI=1S/C23H31N3O5S/c1-15-11-17(6-8-20(15)32(4,30)31)19(13-16-5-7-18(27)12-16)22(28)24-21-9-10-26(25-21)14-23(2,3)29/h6,8-11,16,19,29H,5,7,12-14H2,1-4H3,(H,24,25,28)/t16-,19+/m0/s1. The number of aromatic nitrogens is 2. The summed E-state index contributed by atoms with van der Waals surface area (Å²) in [6.07, 6.45) is 5.09. The van der Waals surface area contributed by atoms with Gasteiger partial charge in [0.15, 0.2) is 15.7 Å². The van der Waals surface area contributed by atoms with Crippen LogP contribution >= 0.6 is 0 Å². The van der Waals surface area contributed by atoms with Gasteiger partial charge in [-0.05, 0) is 56.7 Å². The molecule has 0 radical (unpaired) electrons. The van der Waals surface area contributed by atoms with E-state index in [-0.39, 0.29) is 29.0 Å². The number of carbonyl (C=O) groups is 2. The highest BCUT2D eigenvalue weighted by Crippen LogP contribution is 2.34. The third-order valence-corrected chi connectivity index (χ3v) is 6.93. The minimum atomic E-state index is -3.37. The largest absolute Gasteiger partial charge is 0.389 e. The van der Waals surface area contributed by atoms with Crippen LogP contribution in [0.3, 0.4) is 0 Å². The first-order valence-electron chi connectivity index (χ1n) is 10.7. The van der Waals surface area contributed by atoms with E-state index < -0.39 is 21.4 Å². The Bertz CT molecular complexity index is 1110. The summed E-state index contributed by atoms with van der Waals surface area (Å²) in [6.45, 7) is 5.34. The van der Waals surface area contributed by atoms with Crippen LogP contribution in [0.1, 0.15) is 56.6 Å². The highest BCUT2D eigenvalue weighted by Gasteiger charge is 2.30. The third-order valence-electron chi connectivity index (χ3n) is 5.67. The molecule has 3 rings (SSSR count). The minimum absolute atomic E-state index is 0.112. The Morgan fingerprint density at radius 3 is 2.62 bits per heavy atom. The van der Waals surface area contributed by atoms with E-state index in [1.807, 2.05) is 0 Å². The van der Waals surface area contributed by atoms with Crippen molar-refractivity contribution in [2.45, 2.75) is 69.4 Å². The van der Waals surface area contributed by atoms with Crippen molar-refractivity contribution in [3.8, 4) is 0 Å². The van der Waals surface area contributed by atoms with Crippen LogP contribution in [0.15, 0.2) is 35.4 Å². The Morgan fingerprint density at radius 2 is 2.06 bits per heavy atom. The number of amides is 1. The summed E-state index contributed by atoms with van der Waals surface area (Å²) in [5, 5.41) is 17.1. The molecule has 174 valence electrons. The molecular formula is C23H31N3O5S. The van der Waals surface area contributed by atoms with E-state index in [1.54, 1.807) is 49.8 Å². The van der Waals surface area contributed by atoms with E-state index in [9.17, 15) is 23.1 Å². The molecule has 1 saturated carbocycles. The highest BCUT2D eigenvalue weighted by molar-refractivity contribution is 7.90. The molecule has 0 bridgehead atoms. The van der Waals surface area contributed by atoms with Crippen LogP contribution in [0.25, 0.3) is 0 Å². The Balaban J connectivity index is 1.85. The summed E-state index contributed by atoms with van der Waals surface area (Å²) < 4.78 is 25.5.